The Bertz CT molecular complexity index is 959. The Morgan fingerprint density at radius 3 is 2.59 bits per heavy atom. The maximum absolute atomic E-state index is 13.7. The van der Waals surface area contributed by atoms with Gasteiger partial charge in [0, 0.05) is 53.4 Å². The molecule has 0 amide bonds. The Balaban J connectivity index is 1.79. The monoisotopic (exact) mass is 453 g/mol. The molecule has 4 rings (SSSR count). The van der Waals surface area contributed by atoms with Crippen LogP contribution in [0.5, 0.6) is 0 Å². The number of nitrogens with zero attached hydrogens (tertiary/aromatic N) is 2. The third-order valence-corrected chi connectivity index (χ3v) is 6.49. The average Bonchev–Trinajstić information content (AvgIpc) is 3.07. The molecule has 0 spiro atoms. The quantitative estimate of drug-likeness (QED) is 0.598. The minimum atomic E-state index is -2.63. The summed E-state index contributed by atoms with van der Waals surface area (Å²) in [6, 6.07) is 12.6. The van der Waals surface area contributed by atoms with Crippen LogP contribution in [0.4, 0.5) is 14.5 Å². The number of piperazine rings is 1. The summed E-state index contributed by atoms with van der Waals surface area (Å²) in [4.78, 5) is 2.72. The number of alkyl halides is 2. The summed E-state index contributed by atoms with van der Waals surface area (Å²) in [7, 11) is 0. The minimum Gasteiger partial charge on any atom is -0.587 e. The molecule has 1 unspecified atom stereocenters. The summed E-state index contributed by atoms with van der Waals surface area (Å²) < 4.78 is 42.6. The number of anilines is 1. The number of benzene rings is 2. The van der Waals surface area contributed by atoms with E-state index in [-0.39, 0.29) is 5.56 Å². The van der Waals surface area contributed by atoms with Crippen molar-refractivity contribution in [1.29, 1.82) is 0 Å². The molecule has 2 heterocycles. The largest absolute Gasteiger partial charge is 0.587 e. The van der Waals surface area contributed by atoms with Gasteiger partial charge in [0.1, 0.15) is 11.4 Å². The summed E-state index contributed by atoms with van der Waals surface area (Å²) in [5, 5.41) is 3.73. The lowest BCUT2D eigenvalue weighted by molar-refractivity contribution is 0.153. The van der Waals surface area contributed by atoms with E-state index in [2.05, 4.69) is 26.1 Å². The first kappa shape index (κ1) is 18.7. The van der Waals surface area contributed by atoms with Crippen molar-refractivity contribution in [3.63, 3.8) is 0 Å². The van der Waals surface area contributed by atoms with Crippen molar-refractivity contribution < 1.29 is 13.3 Å². The van der Waals surface area contributed by atoms with Crippen molar-refractivity contribution in [3.8, 4) is 0 Å². The molecular weight excluding hydrogens is 436 g/mol. The fraction of sp³-hybridized carbons (Fsp3) is 0.263. The Morgan fingerprint density at radius 2 is 1.89 bits per heavy atom. The molecule has 2 aromatic carbocycles. The van der Waals surface area contributed by atoms with E-state index in [1.54, 1.807) is 30.3 Å². The molecular formula is C19H18BrF2N3OS. The van der Waals surface area contributed by atoms with Crippen molar-refractivity contribution in [3.05, 3.63) is 58.7 Å². The molecule has 0 aliphatic carbocycles. The van der Waals surface area contributed by atoms with Gasteiger partial charge in [-0.15, -0.1) is 0 Å². The van der Waals surface area contributed by atoms with E-state index < -0.39 is 17.8 Å². The van der Waals surface area contributed by atoms with Crippen LogP contribution in [-0.4, -0.2) is 34.7 Å². The van der Waals surface area contributed by atoms with Gasteiger partial charge in [-0.25, -0.2) is 8.78 Å². The number of halogens is 3. The lowest BCUT2D eigenvalue weighted by atomic mass is 10.1. The van der Waals surface area contributed by atoms with E-state index >= 15 is 0 Å². The fourth-order valence-electron chi connectivity index (χ4n) is 3.33. The van der Waals surface area contributed by atoms with Gasteiger partial charge >= 0.3 is 0 Å². The van der Waals surface area contributed by atoms with Crippen LogP contribution in [0.1, 0.15) is 12.0 Å². The fourth-order valence-corrected chi connectivity index (χ4v) is 5.08. The van der Waals surface area contributed by atoms with Crippen LogP contribution < -0.4 is 10.2 Å². The Labute approximate surface area is 167 Å². The lowest BCUT2D eigenvalue weighted by Crippen LogP contribution is -2.43. The van der Waals surface area contributed by atoms with Gasteiger partial charge in [-0.3, -0.25) is 0 Å². The highest BCUT2D eigenvalue weighted by molar-refractivity contribution is 9.10. The third-order valence-electron chi connectivity index (χ3n) is 4.68. The first-order valence-electron chi connectivity index (χ1n) is 8.61. The number of hydrogen-bond acceptors (Lipinski definition) is 3. The van der Waals surface area contributed by atoms with Gasteiger partial charge < -0.3 is 14.8 Å². The third kappa shape index (κ3) is 3.71. The molecule has 1 aliphatic rings. The van der Waals surface area contributed by atoms with Gasteiger partial charge in [-0.05, 0) is 30.3 Å². The second-order valence-corrected chi connectivity index (χ2v) is 8.63. The van der Waals surface area contributed by atoms with Crippen LogP contribution in [0.2, 0.25) is 0 Å². The van der Waals surface area contributed by atoms with Crippen LogP contribution in [0.3, 0.4) is 0 Å². The normalized spacial score (nSPS) is 16.3. The molecule has 1 N–H and O–H groups in total. The van der Waals surface area contributed by atoms with Gasteiger partial charge in [0.05, 0.1) is 11.7 Å². The first-order chi connectivity index (χ1) is 13.0. The zero-order valence-electron chi connectivity index (χ0n) is 14.4. The van der Waals surface area contributed by atoms with E-state index in [0.717, 1.165) is 36.3 Å². The molecule has 1 atom stereocenters. The van der Waals surface area contributed by atoms with Gasteiger partial charge in [0.2, 0.25) is 0 Å². The molecule has 8 heteroatoms. The van der Waals surface area contributed by atoms with Crippen LogP contribution in [0, 0.1) is 0 Å². The van der Waals surface area contributed by atoms with E-state index in [9.17, 15) is 13.3 Å². The van der Waals surface area contributed by atoms with Crippen molar-refractivity contribution >= 4 is 43.9 Å². The molecule has 1 fully saturated rings. The molecule has 1 aliphatic heterocycles. The zero-order chi connectivity index (χ0) is 19.0. The molecule has 27 heavy (non-hydrogen) atoms. The second-order valence-electron chi connectivity index (χ2n) is 6.36. The molecule has 0 bridgehead atoms. The Morgan fingerprint density at radius 1 is 1.11 bits per heavy atom. The van der Waals surface area contributed by atoms with Crippen molar-refractivity contribution in [2.75, 3.05) is 31.1 Å². The highest BCUT2D eigenvalue weighted by Crippen LogP contribution is 2.35. The summed E-state index contributed by atoms with van der Waals surface area (Å²) in [5.74, 6) is 0. The van der Waals surface area contributed by atoms with Crippen LogP contribution in [0.25, 0.3) is 10.9 Å². The molecule has 142 valence electrons. The highest BCUT2D eigenvalue weighted by Gasteiger charge is 2.24. The van der Waals surface area contributed by atoms with E-state index in [1.807, 2.05) is 12.1 Å². The lowest BCUT2D eigenvalue weighted by Gasteiger charge is -2.29. The molecule has 0 radical (unpaired) electrons. The summed E-state index contributed by atoms with van der Waals surface area (Å²) in [6.07, 6.45) is -1.32. The van der Waals surface area contributed by atoms with Gasteiger partial charge in [0.15, 0.2) is 4.90 Å². The van der Waals surface area contributed by atoms with Crippen LogP contribution in [-0.2, 0) is 11.4 Å². The van der Waals surface area contributed by atoms with Gasteiger partial charge in [-0.1, -0.05) is 22.0 Å². The Hall–Kier alpha value is -1.61. The number of nitrogens with one attached hydrogen (secondary N) is 1. The maximum atomic E-state index is 13.7. The number of hydrogen-bond donors (Lipinski definition) is 1. The number of fused-ring (bicyclic) bond motifs is 1. The SMILES string of the molecule is [O-][S+](c1cccc(Br)c1)n1cc(C(F)F)c2cc(N3CCNCC3)ccc21. The predicted octanol–water partition coefficient (Wildman–Crippen LogP) is 4.32. The maximum Gasteiger partial charge on any atom is 0.266 e. The van der Waals surface area contributed by atoms with Crippen LogP contribution >= 0.6 is 15.9 Å². The van der Waals surface area contributed by atoms with Gasteiger partial charge in [-0.2, -0.15) is 3.97 Å². The van der Waals surface area contributed by atoms with Gasteiger partial charge in [0.25, 0.3) is 6.43 Å². The van der Waals surface area contributed by atoms with Crippen molar-refractivity contribution in [2.45, 2.75) is 11.3 Å². The summed E-state index contributed by atoms with van der Waals surface area (Å²) in [6.45, 7) is 3.40. The average molecular weight is 454 g/mol. The smallest absolute Gasteiger partial charge is 0.266 e. The van der Waals surface area contributed by atoms with Crippen LogP contribution in [0.15, 0.2) is 58.0 Å². The highest BCUT2D eigenvalue weighted by atomic mass is 79.9. The standard InChI is InChI=1S/C19H18BrF2N3OS/c20-13-2-1-3-15(10-13)27(26)25-12-17(19(21)22)16-11-14(4-5-18(16)25)24-8-6-23-7-9-24/h1-5,10-12,19,23H,6-9H2. The molecule has 1 aromatic heterocycles. The summed E-state index contributed by atoms with van der Waals surface area (Å²) >= 11 is 1.75. The van der Waals surface area contributed by atoms with E-state index in [0.29, 0.717) is 15.8 Å². The van der Waals surface area contributed by atoms with Crippen molar-refractivity contribution in [2.24, 2.45) is 0 Å². The minimum absolute atomic E-state index is 0.0923. The summed E-state index contributed by atoms with van der Waals surface area (Å²) in [5.41, 5.74) is 1.37. The number of aromatic nitrogens is 1. The second kappa shape index (κ2) is 7.79. The molecule has 4 nitrogen and oxygen atoms in total. The number of rotatable bonds is 4. The van der Waals surface area contributed by atoms with E-state index in [4.69, 9.17) is 0 Å². The molecule has 1 saturated heterocycles. The zero-order valence-corrected chi connectivity index (χ0v) is 16.8. The topological polar surface area (TPSA) is 43.3 Å². The predicted molar refractivity (Wildman–Crippen MR) is 108 cm³/mol. The van der Waals surface area contributed by atoms with E-state index in [1.165, 1.54) is 10.2 Å². The first-order valence-corrected chi connectivity index (χ1v) is 10.5. The molecule has 0 saturated carbocycles. The Kier molecular flexibility index (Phi) is 5.41. The molecule has 3 aromatic rings. The van der Waals surface area contributed by atoms with Crippen molar-refractivity contribution in [1.82, 2.24) is 9.29 Å².